The Morgan fingerprint density at radius 3 is 2.88 bits per heavy atom. The van der Waals surface area contributed by atoms with Gasteiger partial charge < -0.3 is 10.1 Å². The van der Waals surface area contributed by atoms with Crippen LogP contribution in [0.15, 0.2) is 47.7 Å². The molecule has 2 heterocycles. The van der Waals surface area contributed by atoms with E-state index in [-0.39, 0.29) is 11.0 Å². The van der Waals surface area contributed by atoms with Gasteiger partial charge in [0.05, 0.1) is 6.61 Å². The Kier molecular flexibility index (Phi) is 3.74. The summed E-state index contributed by atoms with van der Waals surface area (Å²) < 4.78 is 6.23. The van der Waals surface area contributed by atoms with Crippen molar-refractivity contribution in [2.45, 2.75) is 64.3 Å². The molecule has 3 aliphatic rings. The molecule has 1 N–H and O–H groups in total. The molecule has 2 nitrogen and oxygen atoms in total. The van der Waals surface area contributed by atoms with Crippen molar-refractivity contribution in [2.24, 2.45) is 5.41 Å². The maximum atomic E-state index is 6.23. The van der Waals surface area contributed by atoms with E-state index in [2.05, 4.69) is 62.5 Å². The van der Waals surface area contributed by atoms with Gasteiger partial charge in [-0.25, -0.2) is 0 Å². The lowest BCUT2D eigenvalue weighted by molar-refractivity contribution is 0.135. The first-order valence-electron chi connectivity index (χ1n) is 9.44. The number of benzene rings is 1. The standard InChI is InChI=1S/C22H29NO/c1-16-12-13-21(2)18-9-5-6-10-19(18)23-22(21,3)14-15-24-20-11-7-4-8-17(16)20/h4-5,7-9,11,16,23H,6,10,12-15H2,1-3H3/t16?,21-,22?/m1/s1. The van der Waals surface area contributed by atoms with Crippen molar-refractivity contribution in [2.75, 3.05) is 6.61 Å². The van der Waals surface area contributed by atoms with Crippen LogP contribution in [-0.2, 0) is 0 Å². The van der Waals surface area contributed by atoms with Crippen LogP contribution in [0.25, 0.3) is 0 Å². The van der Waals surface area contributed by atoms with E-state index in [1.54, 1.807) is 5.57 Å². The summed E-state index contributed by atoms with van der Waals surface area (Å²) in [4.78, 5) is 0. The first kappa shape index (κ1) is 15.8. The van der Waals surface area contributed by atoms with E-state index in [0.717, 1.165) is 31.6 Å². The van der Waals surface area contributed by atoms with Gasteiger partial charge in [0.15, 0.2) is 0 Å². The normalized spacial score (nSPS) is 35.4. The molecule has 0 saturated heterocycles. The molecule has 2 aliphatic heterocycles. The largest absolute Gasteiger partial charge is 0.493 e. The number of nitrogens with one attached hydrogen (secondary N) is 1. The van der Waals surface area contributed by atoms with Gasteiger partial charge in [0.1, 0.15) is 5.75 Å². The van der Waals surface area contributed by atoms with Gasteiger partial charge >= 0.3 is 0 Å². The highest BCUT2D eigenvalue weighted by Crippen LogP contribution is 2.53. The van der Waals surface area contributed by atoms with Gasteiger partial charge in [0, 0.05) is 23.1 Å². The lowest BCUT2D eigenvalue weighted by Gasteiger charge is -2.44. The number of fused-ring (bicyclic) bond motifs is 3. The topological polar surface area (TPSA) is 21.3 Å². The fourth-order valence-electron chi connectivity index (χ4n) is 4.87. The summed E-state index contributed by atoms with van der Waals surface area (Å²) in [5.74, 6) is 1.60. The van der Waals surface area contributed by atoms with Crippen molar-refractivity contribution >= 4 is 0 Å². The van der Waals surface area contributed by atoms with E-state index in [1.165, 1.54) is 24.1 Å². The zero-order chi connectivity index (χ0) is 16.8. The summed E-state index contributed by atoms with van der Waals surface area (Å²) in [5, 5.41) is 3.91. The number of allylic oxidation sites excluding steroid dienone is 3. The first-order chi connectivity index (χ1) is 11.5. The number of rotatable bonds is 0. The highest BCUT2D eigenvalue weighted by atomic mass is 16.5. The summed E-state index contributed by atoms with van der Waals surface area (Å²) in [5.41, 5.74) is 4.66. The summed E-state index contributed by atoms with van der Waals surface area (Å²) in [6, 6.07) is 8.59. The third kappa shape index (κ3) is 2.30. The van der Waals surface area contributed by atoms with Crippen molar-refractivity contribution < 1.29 is 4.74 Å². The third-order valence-electron chi connectivity index (χ3n) is 6.80. The monoisotopic (exact) mass is 323 g/mol. The van der Waals surface area contributed by atoms with Crippen LogP contribution < -0.4 is 10.1 Å². The molecule has 0 radical (unpaired) electrons. The summed E-state index contributed by atoms with van der Waals surface area (Å²) in [6.07, 6.45) is 10.5. The lowest BCUT2D eigenvalue weighted by Crippen LogP contribution is -2.51. The van der Waals surface area contributed by atoms with Crippen LogP contribution in [0.2, 0.25) is 0 Å². The molecular formula is C22H29NO. The molecule has 0 bridgehead atoms. The molecule has 0 saturated carbocycles. The van der Waals surface area contributed by atoms with Crippen LogP contribution in [-0.4, -0.2) is 12.1 Å². The molecule has 2 heteroatoms. The molecule has 0 fully saturated rings. The highest BCUT2D eigenvalue weighted by molar-refractivity contribution is 5.44. The highest BCUT2D eigenvalue weighted by Gasteiger charge is 2.52. The van der Waals surface area contributed by atoms with E-state index in [9.17, 15) is 0 Å². The van der Waals surface area contributed by atoms with Gasteiger partial charge in [-0.15, -0.1) is 0 Å². The minimum Gasteiger partial charge on any atom is -0.493 e. The van der Waals surface area contributed by atoms with Crippen LogP contribution in [0.5, 0.6) is 5.75 Å². The number of hydrogen-bond donors (Lipinski definition) is 1. The molecule has 1 aromatic carbocycles. The number of hydrogen-bond acceptors (Lipinski definition) is 2. The minimum absolute atomic E-state index is 0.0817. The summed E-state index contributed by atoms with van der Waals surface area (Å²) in [7, 11) is 0. The van der Waals surface area contributed by atoms with Crippen molar-refractivity contribution in [3.8, 4) is 5.75 Å². The van der Waals surface area contributed by atoms with Crippen LogP contribution in [0.3, 0.4) is 0 Å². The van der Waals surface area contributed by atoms with Crippen molar-refractivity contribution in [3.05, 3.63) is 53.3 Å². The van der Waals surface area contributed by atoms with Crippen molar-refractivity contribution in [1.82, 2.24) is 5.32 Å². The fraction of sp³-hybridized carbons (Fsp3) is 0.545. The Labute approximate surface area is 146 Å². The second-order valence-electron chi connectivity index (χ2n) is 8.20. The molecule has 0 amide bonds. The van der Waals surface area contributed by atoms with E-state index >= 15 is 0 Å². The molecule has 1 aromatic rings. The Bertz CT molecular complexity index is 704. The summed E-state index contributed by atoms with van der Waals surface area (Å²) >= 11 is 0. The summed E-state index contributed by atoms with van der Waals surface area (Å²) in [6.45, 7) is 7.99. The molecule has 1 aliphatic carbocycles. The molecule has 128 valence electrons. The molecule has 4 rings (SSSR count). The minimum atomic E-state index is 0.0817. The fourth-order valence-corrected chi connectivity index (χ4v) is 4.87. The zero-order valence-electron chi connectivity index (χ0n) is 15.2. The van der Waals surface area contributed by atoms with Gasteiger partial charge in [0.2, 0.25) is 0 Å². The van der Waals surface area contributed by atoms with Crippen molar-refractivity contribution in [1.29, 1.82) is 0 Å². The number of para-hydroxylation sites is 1. The van der Waals surface area contributed by atoms with E-state index in [0.29, 0.717) is 5.92 Å². The second-order valence-corrected chi connectivity index (χ2v) is 8.20. The molecule has 3 atom stereocenters. The van der Waals surface area contributed by atoms with Crippen LogP contribution in [0.1, 0.15) is 64.4 Å². The van der Waals surface area contributed by atoms with Gasteiger partial charge in [-0.2, -0.15) is 0 Å². The second kappa shape index (κ2) is 5.68. The molecule has 0 aromatic heterocycles. The molecular weight excluding hydrogens is 294 g/mol. The average Bonchev–Trinajstić information content (AvgIpc) is 2.81. The smallest absolute Gasteiger partial charge is 0.122 e. The van der Waals surface area contributed by atoms with Gasteiger partial charge in [-0.05, 0) is 55.7 Å². The van der Waals surface area contributed by atoms with Gasteiger partial charge in [-0.1, -0.05) is 44.2 Å². The maximum absolute atomic E-state index is 6.23. The first-order valence-corrected chi connectivity index (χ1v) is 9.44. The predicted molar refractivity (Wildman–Crippen MR) is 99.3 cm³/mol. The molecule has 24 heavy (non-hydrogen) atoms. The maximum Gasteiger partial charge on any atom is 0.122 e. The van der Waals surface area contributed by atoms with Gasteiger partial charge in [0.25, 0.3) is 0 Å². The molecule has 2 unspecified atom stereocenters. The lowest BCUT2D eigenvalue weighted by atomic mass is 9.64. The quantitative estimate of drug-likeness (QED) is 0.697. The van der Waals surface area contributed by atoms with Crippen LogP contribution in [0, 0.1) is 5.41 Å². The predicted octanol–water partition coefficient (Wildman–Crippen LogP) is 5.33. The van der Waals surface area contributed by atoms with E-state index in [1.807, 2.05) is 0 Å². The zero-order valence-corrected chi connectivity index (χ0v) is 15.2. The van der Waals surface area contributed by atoms with E-state index in [4.69, 9.17) is 4.74 Å². The SMILES string of the molecule is CC1CC[C@]2(C)C3=C(CCC=C3)NC2(C)CCOc2ccccc21. The Morgan fingerprint density at radius 1 is 1.17 bits per heavy atom. The Morgan fingerprint density at radius 2 is 2.00 bits per heavy atom. The van der Waals surface area contributed by atoms with Gasteiger partial charge in [-0.3, -0.25) is 0 Å². The Hall–Kier alpha value is -1.70. The third-order valence-corrected chi connectivity index (χ3v) is 6.80. The Balaban J connectivity index is 1.71. The van der Waals surface area contributed by atoms with Crippen LogP contribution in [0.4, 0.5) is 0 Å². The van der Waals surface area contributed by atoms with Crippen LogP contribution >= 0.6 is 0 Å². The average molecular weight is 323 g/mol. The molecule has 0 spiro atoms. The number of ether oxygens (including phenoxy) is 1. The van der Waals surface area contributed by atoms with E-state index < -0.39 is 0 Å². The van der Waals surface area contributed by atoms with Crippen molar-refractivity contribution in [3.63, 3.8) is 0 Å².